The molecule has 0 aliphatic heterocycles. The van der Waals surface area contributed by atoms with Gasteiger partial charge < -0.3 is 5.11 Å². The molecule has 0 unspecified atom stereocenters. The van der Waals surface area contributed by atoms with E-state index in [1.165, 1.54) is 12.1 Å². The molecule has 2 N–H and O–H groups in total. The molecule has 0 fully saturated rings. The smallest absolute Gasteiger partial charge is 0.267 e. The van der Waals surface area contributed by atoms with Crippen molar-refractivity contribution in [2.24, 2.45) is 0 Å². The van der Waals surface area contributed by atoms with Crippen LogP contribution >= 0.6 is 81.2 Å². The van der Waals surface area contributed by atoms with Gasteiger partial charge in [-0.25, -0.2) is 8.42 Å². The summed E-state index contributed by atoms with van der Waals surface area (Å²) in [5, 5.41) is 8.45. The van der Waals surface area contributed by atoms with E-state index in [1.54, 1.807) is 0 Å². The molecule has 0 amide bonds. The molecule has 0 radical (unpaired) electrons. The fourth-order valence-electron chi connectivity index (χ4n) is 1.67. The molecule has 4 nitrogen and oxygen atoms in total. The second-order valence-electron chi connectivity index (χ2n) is 4.29. The van der Waals surface area contributed by atoms with Crippen molar-refractivity contribution in [1.29, 1.82) is 0 Å². The normalized spacial score (nSPS) is 11.6. The number of sulfonamides is 1. The van der Waals surface area contributed by atoms with Gasteiger partial charge in [0.2, 0.25) is 0 Å². The van der Waals surface area contributed by atoms with E-state index in [2.05, 4.69) is 4.72 Å². The molecule has 0 spiro atoms. The first-order valence-electron chi connectivity index (χ1n) is 5.69. The summed E-state index contributed by atoms with van der Waals surface area (Å²) in [4.78, 5) is -0.768. The molecule has 0 aromatic heterocycles. The first-order valence-corrected chi connectivity index (χ1v) is 9.82. The second-order valence-corrected chi connectivity index (χ2v) is 8.64. The lowest BCUT2D eigenvalue weighted by atomic mass is 10.3. The summed E-state index contributed by atoms with van der Waals surface area (Å²) < 4.78 is 27.3. The zero-order chi connectivity index (χ0) is 18.4. The van der Waals surface area contributed by atoms with Crippen LogP contribution in [-0.4, -0.2) is 13.5 Å². The molecular formula is C12H4Cl7NO3S. The second kappa shape index (κ2) is 7.33. The van der Waals surface area contributed by atoms with E-state index in [1.807, 2.05) is 0 Å². The van der Waals surface area contributed by atoms with Gasteiger partial charge in [-0.1, -0.05) is 81.2 Å². The maximum atomic E-state index is 12.6. The Balaban J connectivity index is 2.66. The number of benzene rings is 2. The number of hydrogen-bond donors (Lipinski definition) is 2. The number of nitrogens with one attached hydrogen (secondary N) is 1. The molecule has 0 aliphatic carbocycles. The highest BCUT2D eigenvalue weighted by Crippen LogP contribution is 2.47. The quantitative estimate of drug-likeness (QED) is 0.369. The Labute approximate surface area is 172 Å². The number of phenolic OH excluding ortho intramolecular Hbond substituents is 1. The van der Waals surface area contributed by atoms with Crippen LogP contribution in [0.2, 0.25) is 35.2 Å². The van der Waals surface area contributed by atoms with E-state index < -0.39 is 30.7 Å². The van der Waals surface area contributed by atoms with Gasteiger partial charge in [0.15, 0.2) is 10.6 Å². The van der Waals surface area contributed by atoms with Crippen molar-refractivity contribution in [3.05, 3.63) is 47.3 Å². The van der Waals surface area contributed by atoms with Gasteiger partial charge >= 0.3 is 0 Å². The molecule has 0 heterocycles. The molecule has 24 heavy (non-hydrogen) atoms. The van der Waals surface area contributed by atoms with Crippen LogP contribution in [0.4, 0.5) is 5.69 Å². The SMILES string of the molecule is O=S(=O)(Nc1cc(Cl)cc(Cl)c1Cl)c1c(O)c(Cl)c(Cl)c(Cl)c1Cl. The third-order valence-electron chi connectivity index (χ3n) is 2.71. The van der Waals surface area contributed by atoms with Crippen molar-refractivity contribution in [1.82, 2.24) is 0 Å². The van der Waals surface area contributed by atoms with Gasteiger partial charge in [-0.15, -0.1) is 0 Å². The highest BCUT2D eigenvalue weighted by Gasteiger charge is 2.30. The van der Waals surface area contributed by atoms with Gasteiger partial charge in [0.25, 0.3) is 10.0 Å². The van der Waals surface area contributed by atoms with Crippen LogP contribution in [0.1, 0.15) is 0 Å². The zero-order valence-electron chi connectivity index (χ0n) is 11.0. The lowest BCUT2D eigenvalue weighted by molar-refractivity contribution is 0.459. The minimum Gasteiger partial charge on any atom is -0.505 e. The molecule has 2 aromatic carbocycles. The van der Waals surface area contributed by atoms with E-state index in [0.717, 1.165) is 0 Å². The molecule has 0 bridgehead atoms. The fourth-order valence-corrected chi connectivity index (χ4v) is 4.88. The zero-order valence-corrected chi connectivity index (χ0v) is 17.1. The first kappa shape index (κ1) is 20.3. The van der Waals surface area contributed by atoms with E-state index in [4.69, 9.17) is 81.2 Å². The first-order chi connectivity index (χ1) is 11.0. The predicted octanol–water partition coefficient (Wildman–Crippen LogP) is 6.77. The molecule has 0 aliphatic rings. The maximum Gasteiger partial charge on any atom is 0.267 e. The molecule has 12 heteroatoms. The van der Waals surface area contributed by atoms with Crippen molar-refractivity contribution in [2.45, 2.75) is 4.90 Å². The van der Waals surface area contributed by atoms with Gasteiger partial charge in [0.1, 0.15) is 5.02 Å². The highest BCUT2D eigenvalue weighted by atomic mass is 35.5. The highest BCUT2D eigenvalue weighted by molar-refractivity contribution is 7.93. The predicted molar refractivity (Wildman–Crippen MR) is 100 cm³/mol. The Morgan fingerprint density at radius 3 is 1.92 bits per heavy atom. The number of hydrogen-bond acceptors (Lipinski definition) is 3. The van der Waals surface area contributed by atoms with Crippen LogP contribution in [0.25, 0.3) is 0 Å². The Kier molecular flexibility index (Phi) is 6.21. The van der Waals surface area contributed by atoms with Gasteiger partial charge in [-0.2, -0.15) is 0 Å². The van der Waals surface area contributed by atoms with Crippen molar-refractivity contribution >= 4 is 96.9 Å². The molecule has 2 rings (SSSR count). The van der Waals surface area contributed by atoms with Crippen molar-refractivity contribution < 1.29 is 13.5 Å². The van der Waals surface area contributed by atoms with E-state index in [9.17, 15) is 13.5 Å². The van der Waals surface area contributed by atoms with Crippen LogP contribution in [0.3, 0.4) is 0 Å². The van der Waals surface area contributed by atoms with Crippen LogP contribution in [-0.2, 0) is 10.0 Å². The minimum absolute atomic E-state index is 0.0179. The Bertz CT molecular complexity index is 917. The summed E-state index contributed by atoms with van der Waals surface area (Å²) in [5.74, 6) is -0.868. The Hall–Kier alpha value is 0.0200. The standard InChI is InChI=1S/C12H4Cl7NO3S/c13-3-1-4(14)6(15)5(2-3)20-24(22,23)12-10(19)8(17)7(16)9(18)11(12)21/h1-2,20-21H. The summed E-state index contributed by atoms with van der Waals surface area (Å²) in [5.41, 5.74) is -0.133. The summed E-state index contributed by atoms with van der Waals surface area (Å²) >= 11 is 40.8. The lowest BCUT2D eigenvalue weighted by Gasteiger charge is -2.15. The van der Waals surface area contributed by atoms with Gasteiger partial charge in [-0.05, 0) is 12.1 Å². The summed E-state index contributed by atoms with van der Waals surface area (Å²) in [6, 6.07) is 2.54. The average molecular weight is 490 g/mol. The largest absolute Gasteiger partial charge is 0.505 e. The molecule has 0 saturated carbocycles. The van der Waals surface area contributed by atoms with Gasteiger partial charge in [-0.3, -0.25) is 4.72 Å². The number of halogens is 7. The molecule has 0 atom stereocenters. The van der Waals surface area contributed by atoms with Crippen LogP contribution < -0.4 is 4.72 Å². The monoisotopic (exact) mass is 487 g/mol. The number of anilines is 1. The minimum atomic E-state index is -4.45. The van der Waals surface area contributed by atoms with Crippen LogP contribution in [0.15, 0.2) is 17.0 Å². The fraction of sp³-hybridized carbons (Fsp3) is 0. The van der Waals surface area contributed by atoms with E-state index >= 15 is 0 Å². The van der Waals surface area contributed by atoms with E-state index in [-0.39, 0.29) is 30.8 Å². The molecule has 0 saturated heterocycles. The average Bonchev–Trinajstić information content (AvgIpc) is 2.47. The summed E-state index contributed by atoms with van der Waals surface area (Å²) in [6.45, 7) is 0. The number of phenols is 1. The van der Waals surface area contributed by atoms with E-state index in [0.29, 0.717) is 0 Å². The number of aromatic hydroxyl groups is 1. The van der Waals surface area contributed by atoms with Gasteiger partial charge in [0.05, 0.1) is 30.8 Å². The van der Waals surface area contributed by atoms with Crippen molar-refractivity contribution in [2.75, 3.05) is 4.72 Å². The van der Waals surface area contributed by atoms with Crippen molar-refractivity contribution in [3.63, 3.8) is 0 Å². The Morgan fingerprint density at radius 1 is 0.792 bits per heavy atom. The maximum absolute atomic E-state index is 12.6. The van der Waals surface area contributed by atoms with Gasteiger partial charge in [0, 0.05) is 5.02 Å². The third kappa shape index (κ3) is 3.74. The Morgan fingerprint density at radius 2 is 1.33 bits per heavy atom. The van der Waals surface area contributed by atoms with Crippen LogP contribution in [0, 0.1) is 0 Å². The summed E-state index contributed by atoms with van der Waals surface area (Å²) in [7, 11) is -4.45. The lowest BCUT2D eigenvalue weighted by Crippen LogP contribution is -2.14. The molecule has 130 valence electrons. The molecule has 2 aromatic rings. The van der Waals surface area contributed by atoms with Crippen LogP contribution in [0.5, 0.6) is 5.75 Å². The topological polar surface area (TPSA) is 66.4 Å². The number of rotatable bonds is 3. The van der Waals surface area contributed by atoms with Crippen molar-refractivity contribution in [3.8, 4) is 5.75 Å². The molecular weight excluding hydrogens is 486 g/mol. The summed E-state index contributed by atoms with van der Waals surface area (Å²) in [6.07, 6.45) is 0. The third-order valence-corrected chi connectivity index (χ3v) is 7.05.